The maximum absolute atomic E-state index is 13.0. The van der Waals surface area contributed by atoms with E-state index in [1.807, 2.05) is 38.2 Å². The van der Waals surface area contributed by atoms with Gasteiger partial charge in [0.1, 0.15) is 11.6 Å². The number of hydrogen-bond donors (Lipinski definition) is 2. The Balaban J connectivity index is 1.86. The molecule has 1 aromatic heterocycles. The Morgan fingerprint density at radius 3 is 2.50 bits per heavy atom. The molecule has 7 heteroatoms. The number of benzene rings is 2. The summed E-state index contributed by atoms with van der Waals surface area (Å²) in [5.41, 5.74) is 1.46. The quantitative estimate of drug-likeness (QED) is 0.691. The zero-order valence-corrected chi connectivity index (χ0v) is 15.7. The highest BCUT2D eigenvalue weighted by molar-refractivity contribution is 7.89. The molecule has 0 bridgehead atoms. The van der Waals surface area contributed by atoms with Crippen LogP contribution < -0.4 is 9.46 Å². The second-order valence-electron chi connectivity index (χ2n) is 6.78. The van der Waals surface area contributed by atoms with Crippen molar-refractivity contribution in [3.05, 3.63) is 60.0 Å². The Labute approximate surface area is 152 Å². The van der Waals surface area contributed by atoms with Gasteiger partial charge < -0.3 is 9.72 Å². The molecule has 5 nitrogen and oxygen atoms in total. The zero-order chi connectivity index (χ0) is 18.9. The van der Waals surface area contributed by atoms with Gasteiger partial charge in [0.25, 0.3) is 0 Å². The van der Waals surface area contributed by atoms with Crippen LogP contribution >= 0.6 is 0 Å². The van der Waals surface area contributed by atoms with E-state index in [9.17, 15) is 12.8 Å². The maximum atomic E-state index is 13.0. The van der Waals surface area contributed by atoms with Gasteiger partial charge in [0.05, 0.1) is 12.0 Å². The normalized spacial score (nSPS) is 12.5. The summed E-state index contributed by atoms with van der Waals surface area (Å²) in [5.74, 6) is 0.262. The molecule has 0 aliphatic rings. The number of hydrogen-bond acceptors (Lipinski definition) is 3. The molecule has 0 aliphatic heterocycles. The number of aromatic nitrogens is 1. The first-order chi connectivity index (χ1) is 12.2. The lowest BCUT2D eigenvalue weighted by molar-refractivity contribution is 0.415. The summed E-state index contributed by atoms with van der Waals surface area (Å²) in [7, 11) is -2.11. The Morgan fingerprint density at radius 1 is 1.15 bits per heavy atom. The minimum atomic E-state index is -3.72. The van der Waals surface area contributed by atoms with Crippen molar-refractivity contribution in [1.82, 2.24) is 9.71 Å². The van der Waals surface area contributed by atoms with Crippen LogP contribution in [0.4, 0.5) is 4.39 Å². The number of rotatable bonds is 6. The second-order valence-corrected chi connectivity index (χ2v) is 8.54. The van der Waals surface area contributed by atoms with Crippen LogP contribution in [0.3, 0.4) is 0 Å². The first kappa shape index (κ1) is 18.4. The van der Waals surface area contributed by atoms with E-state index in [1.165, 1.54) is 12.1 Å². The summed E-state index contributed by atoms with van der Waals surface area (Å²) in [6, 6.07) is 10.5. The highest BCUT2D eigenvalue weighted by Crippen LogP contribution is 2.32. The van der Waals surface area contributed by atoms with Crippen molar-refractivity contribution in [1.29, 1.82) is 0 Å². The van der Waals surface area contributed by atoms with Gasteiger partial charge in [-0.25, -0.2) is 17.5 Å². The first-order valence-corrected chi connectivity index (χ1v) is 9.62. The molecule has 0 unspecified atom stereocenters. The number of ether oxygens (including phenoxy) is 1. The van der Waals surface area contributed by atoms with Crippen LogP contribution in [0, 0.1) is 5.82 Å². The Hall–Kier alpha value is -2.38. The summed E-state index contributed by atoms with van der Waals surface area (Å²) in [5, 5.41) is 0.982. The Morgan fingerprint density at radius 2 is 1.85 bits per heavy atom. The molecule has 2 aromatic carbocycles. The minimum absolute atomic E-state index is 0.0373. The highest BCUT2D eigenvalue weighted by atomic mass is 32.2. The van der Waals surface area contributed by atoms with Gasteiger partial charge in [0.15, 0.2) is 0 Å². The lowest BCUT2D eigenvalue weighted by Crippen LogP contribution is -2.36. The van der Waals surface area contributed by atoms with Crippen molar-refractivity contribution >= 4 is 20.9 Å². The number of sulfonamides is 1. The molecule has 3 rings (SSSR count). The standard InChI is InChI=1S/C19H21FN2O3S/c1-19(2,12-22-26(23,24)15-7-4-13(20)5-8-15)17-11-21-18-9-6-14(25-3)10-16(17)18/h4-11,21-22H,12H2,1-3H3. The predicted octanol–water partition coefficient (Wildman–Crippen LogP) is 3.57. The number of halogens is 1. The van der Waals surface area contributed by atoms with E-state index in [2.05, 4.69) is 9.71 Å². The van der Waals surface area contributed by atoms with Crippen molar-refractivity contribution in [2.75, 3.05) is 13.7 Å². The number of methoxy groups -OCH3 is 1. The molecule has 0 spiro atoms. The molecule has 3 aromatic rings. The number of H-pyrrole nitrogens is 1. The number of fused-ring (bicyclic) bond motifs is 1. The third-order valence-corrected chi connectivity index (χ3v) is 5.86. The lowest BCUT2D eigenvalue weighted by atomic mass is 9.84. The van der Waals surface area contributed by atoms with E-state index < -0.39 is 21.3 Å². The Bertz CT molecular complexity index is 1020. The van der Waals surface area contributed by atoms with Gasteiger partial charge >= 0.3 is 0 Å². The van der Waals surface area contributed by atoms with Gasteiger partial charge in [-0.2, -0.15) is 0 Å². The molecule has 0 aliphatic carbocycles. The van der Waals surface area contributed by atoms with Crippen LogP contribution in [-0.2, 0) is 15.4 Å². The molecule has 1 heterocycles. The molecular formula is C19H21FN2O3S. The average molecular weight is 376 g/mol. The number of aromatic amines is 1. The van der Waals surface area contributed by atoms with Crippen LogP contribution in [0.2, 0.25) is 0 Å². The van der Waals surface area contributed by atoms with E-state index in [0.29, 0.717) is 0 Å². The second kappa shape index (κ2) is 6.74. The highest BCUT2D eigenvalue weighted by Gasteiger charge is 2.27. The monoisotopic (exact) mass is 376 g/mol. The number of nitrogens with one attached hydrogen (secondary N) is 2. The van der Waals surface area contributed by atoms with Crippen molar-refractivity contribution in [3.63, 3.8) is 0 Å². The third-order valence-electron chi connectivity index (χ3n) is 4.45. The summed E-state index contributed by atoms with van der Waals surface area (Å²) < 4.78 is 45.8. The van der Waals surface area contributed by atoms with Crippen LogP contribution in [-0.4, -0.2) is 27.1 Å². The average Bonchev–Trinajstić information content (AvgIpc) is 3.04. The van der Waals surface area contributed by atoms with Crippen molar-refractivity contribution in [2.45, 2.75) is 24.2 Å². The van der Waals surface area contributed by atoms with E-state index in [0.717, 1.165) is 34.3 Å². The molecular weight excluding hydrogens is 355 g/mol. The van der Waals surface area contributed by atoms with E-state index in [-0.39, 0.29) is 11.4 Å². The topological polar surface area (TPSA) is 71.2 Å². The fourth-order valence-electron chi connectivity index (χ4n) is 2.85. The smallest absolute Gasteiger partial charge is 0.240 e. The molecule has 26 heavy (non-hydrogen) atoms. The van der Waals surface area contributed by atoms with Crippen LogP contribution in [0.15, 0.2) is 53.6 Å². The first-order valence-electron chi connectivity index (χ1n) is 8.14. The molecule has 0 fully saturated rings. The van der Waals surface area contributed by atoms with Gasteiger partial charge in [0.2, 0.25) is 10.0 Å². The molecule has 0 amide bonds. The van der Waals surface area contributed by atoms with E-state index in [1.54, 1.807) is 7.11 Å². The summed E-state index contributed by atoms with van der Waals surface area (Å²) in [6.07, 6.45) is 1.89. The van der Waals surface area contributed by atoms with Gasteiger partial charge in [-0.1, -0.05) is 13.8 Å². The predicted molar refractivity (Wildman–Crippen MR) is 99.5 cm³/mol. The van der Waals surface area contributed by atoms with Crippen LogP contribution in [0.5, 0.6) is 5.75 Å². The van der Waals surface area contributed by atoms with Crippen LogP contribution in [0.1, 0.15) is 19.4 Å². The van der Waals surface area contributed by atoms with Crippen molar-refractivity contribution < 1.29 is 17.5 Å². The van der Waals surface area contributed by atoms with Crippen molar-refractivity contribution in [2.24, 2.45) is 0 Å². The summed E-state index contributed by atoms with van der Waals surface area (Å²) >= 11 is 0. The van der Waals surface area contributed by atoms with Gasteiger partial charge in [-0.05, 0) is 48.0 Å². The zero-order valence-electron chi connectivity index (χ0n) is 14.8. The summed E-state index contributed by atoms with van der Waals surface area (Å²) in [4.78, 5) is 3.24. The fourth-order valence-corrected chi connectivity index (χ4v) is 4.07. The molecule has 138 valence electrons. The molecule has 0 radical (unpaired) electrons. The SMILES string of the molecule is COc1ccc2[nH]cc(C(C)(C)CNS(=O)(=O)c3ccc(F)cc3)c2c1. The maximum Gasteiger partial charge on any atom is 0.240 e. The lowest BCUT2D eigenvalue weighted by Gasteiger charge is -2.25. The van der Waals surface area contributed by atoms with Gasteiger partial charge in [-0.15, -0.1) is 0 Å². The van der Waals surface area contributed by atoms with Gasteiger partial charge in [0, 0.05) is 29.1 Å². The summed E-state index contributed by atoms with van der Waals surface area (Å²) in [6.45, 7) is 4.11. The molecule has 0 saturated heterocycles. The largest absolute Gasteiger partial charge is 0.497 e. The molecule has 0 atom stereocenters. The van der Waals surface area contributed by atoms with Crippen LogP contribution in [0.25, 0.3) is 10.9 Å². The fraction of sp³-hybridized carbons (Fsp3) is 0.263. The van der Waals surface area contributed by atoms with E-state index >= 15 is 0 Å². The molecule has 0 saturated carbocycles. The minimum Gasteiger partial charge on any atom is -0.497 e. The molecule has 2 N–H and O–H groups in total. The van der Waals surface area contributed by atoms with Gasteiger partial charge in [-0.3, -0.25) is 0 Å². The third kappa shape index (κ3) is 3.59. The van der Waals surface area contributed by atoms with Crippen molar-refractivity contribution in [3.8, 4) is 5.75 Å². The Kier molecular flexibility index (Phi) is 4.77. The van der Waals surface area contributed by atoms with E-state index in [4.69, 9.17) is 4.74 Å².